The molecule has 0 fully saturated rings. The third-order valence-electron chi connectivity index (χ3n) is 2.76. The first-order valence-electron chi connectivity index (χ1n) is 5.99. The Kier molecular flexibility index (Phi) is 5.20. The number of rotatable bonds is 5. The summed E-state index contributed by atoms with van der Waals surface area (Å²) in [6.07, 6.45) is 0.175. The van der Waals surface area contributed by atoms with Gasteiger partial charge < -0.3 is 0 Å². The quantitative estimate of drug-likeness (QED) is 0.761. The van der Waals surface area contributed by atoms with Crippen molar-refractivity contribution in [2.75, 3.05) is 5.75 Å². The molecular weight excluding hydrogens is 343 g/mol. The lowest BCUT2D eigenvalue weighted by Gasteiger charge is -2.03. The zero-order valence-electron chi connectivity index (χ0n) is 10.5. The number of halogens is 2. The predicted octanol–water partition coefficient (Wildman–Crippen LogP) is 3.97. The van der Waals surface area contributed by atoms with Gasteiger partial charge in [0.15, 0.2) is 5.78 Å². The summed E-state index contributed by atoms with van der Waals surface area (Å²) >= 11 is 3.31. The molecule has 0 amide bonds. The summed E-state index contributed by atoms with van der Waals surface area (Å²) in [7, 11) is -1.21. The number of ketones is 1. The summed E-state index contributed by atoms with van der Waals surface area (Å²) < 4.78 is 25.7. The van der Waals surface area contributed by atoms with Crippen LogP contribution in [0.2, 0.25) is 0 Å². The molecule has 0 aromatic heterocycles. The second-order valence-electron chi connectivity index (χ2n) is 4.18. The van der Waals surface area contributed by atoms with E-state index in [9.17, 15) is 13.4 Å². The summed E-state index contributed by atoms with van der Waals surface area (Å²) in [5.41, 5.74) is 0.444. The van der Waals surface area contributed by atoms with Crippen molar-refractivity contribution < 1.29 is 13.4 Å². The van der Waals surface area contributed by atoms with E-state index >= 15 is 0 Å². The van der Waals surface area contributed by atoms with Crippen LogP contribution in [0.4, 0.5) is 4.39 Å². The fourth-order valence-electron chi connectivity index (χ4n) is 1.67. The summed E-state index contributed by atoms with van der Waals surface area (Å²) in [5, 5.41) is 0. The van der Waals surface area contributed by atoms with Crippen molar-refractivity contribution in [3.63, 3.8) is 0 Å². The fourth-order valence-corrected chi connectivity index (χ4v) is 2.98. The Hall–Kier alpha value is -1.33. The van der Waals surface area contributed by atoms with E-state index in [1.807, 2.05) is 12.1 Å². The van der Waals surface area contributed by atoms with Gasteiger partial charge in [0.05, 0.1) is 10.8 Å². The number of Topliss-reactive ketones (excluding diaryl/α,β-unsaturated/α-hetero) is 1. The molecule has 0 N–H and O–H groups in total. The van der Waals surface area contributed by atoms with Crippen LogP contribution in [-0.2, 0) is 10.8 Å². The van der Waals surface area contributed by atoms with Crippen LogP contribution >= 0.6 is 15.9 Å². The maximum absolute atomic E-state index is 12.8. The number of carbonyl (C=O) groups is 1. The Morgan fingerprint density at radius 2 is 1.65 bits per heavy atom. The third-order valence-corrected chi connectivity index (χ3v) is 4.66. The molecule has 2 aromatic carbocycles. The van der Waals surface area contributed by atoms with Crippen molar-refractivity contribution in [2.45, 2.75) is 11.3 Å². The van der Waals surface area contributed by atoms with Crippen LogP contribution in [0.1, 0.15) is 16.8 Å². The maximum Gasteiger partial charge on any atom is 0.163 e. The van der Waals surface area contributed by atoms with Gasteiger partial charge in [0, 0.05) is 27.1 Å². The molecule has 0 saturated carbocycles. The lowest BCUT2D eigenvalue weighted by molar-refractivity contribution is 0.0989. The van der Waals surface area contributed by atoms with Crippen LogP contribution in [0.15, 0.2) is 57.9 Å². The standard InChI is InChI=1S/C15H12BrFO2S/c16-12-3-7-14(8-4-12)20(19)10-9-15(18)11-1-5-13(17)6-2-11/h1-8H,9-10H2. The average Bonchev–Trinajstić information content (AvgIpc) is 2.46. The van der Waals surface area contributed by atoms with Crippen molar-refractivity contribution in [3.8, 4) is 0 Å². The van der Waals surface area contributed by atoms with E-state index in [-0.39, 0.29) is 23.8 Å². The molecule has 0 spiro atoms. The summed E-state index contributed by atoms with van der Waals surface area (Å²) in [6, 6.07) is 12.5. The van der Waals surface area contributed by atoms with Crippen LogP contribution in [0.3, 0.4) is 0 Å². The van der Waals surface area contributed by atoms with Crippen LogP contribution < -0.4 is 0 Å². The minimum Gasteiger partial charge on any atom is -0.294 e. The molecule has 0 radical (unpaired) electrons. The van der Waals surface area contributed by atoms with Gasteiger partial charge in [-0.15, -0.1) is 0 Å². The molecular formula is C15H12BrFO2S. The highest BCUT2D eigenvalue weighted by Crippen LogP contribution is 2.14. The van der Waals surface area contributed by atoms with Crippen LogP contribution in [0, 0.1) is 5.82 Å². The number of benzene rings is 2. The van der Waals surface area contributed by atoms with Gasteiger partial charge in [-0.25, -0.2) is 4.39 Å². The Morgan fingerprint density at radius 3 is 2.25 bits per heavy atom. The molecule has 0 aliphatic rings. The van der Waals surface area contributed by atoms with Gasteiger partial charge in [0.1, 0.15) is 5.82 Å². The van der Waals surface area contributed by atoms with Gasteiger partial charge in [0.2, 0.25) is 0 Å². The molecule has 0 saturated heterocycles. The smallest absolute Gasteiger partial charge is 0.163 e. The van der Waals surface area contributed by atoms with E-state index in [0.29, 0.717) is 10.5 Å². The summed E-state index contributed by atoms with van der Waals surface area (Å²) in [5.74, 6) is -0.242. The molecule has 5 heteroatoms. The Balaban J connectivity index is 1.94. The summed E-state index contributed by atoms with van der Waals surface area (Å²) in [6.45, 7) is 0. The number of hydrogen-bond acceptors (Lipinski definition) is 2. The minimum absolute atomic E-state index is 0.129. The second kappa shape index (κ2) is 6.90. The summed E-state index contributed by atoms with van der Waals surface area (Å²) in [4.78, 5) is 12.6. The third kappa shape index (κ3) is 4.08. The Labute approximate surface area is 127 Å². The Bertz CT molecular complexity index is 566. The van der Waals surface area contributed by atoms with E-state index in [1.54, 1.807) is 12.1 Å². The molecule has 2 nitrogen and oxygen atoms in total. The van der Waals surface area contributed by atoms with E-state index in [2.05, 4.69) is 15.9 Å². The van der Waals surface area contributed by atoms with Gasteiger partial charge in [0.25, 0.3) is 0 Å². The topological polar surface area (TPSA) is 34.1 Å². The largest absolute Gasteiger partial charge is 0.294 e. The van der Waals surface area contributed by atoms with Crippen molar-refractivity contribution in [1.29, 1.82) is 0 Å². The average molecular weight is 355 g/mol. The van der Waals surface area contributed by atoms with E-state index in [0.717, 1.165) is 4.47 Å². The molecule has 1 unspecified atom stereocenters. The molecule has 2 rings (SSSR count). The maximum atomic E-state index is 12.8. The zero-order chi connectivity index (χ0) is 14.5. The van der Waals surface area contributed by atoms with Gasteiger partial charge >= 0.3 is 0 Å². The van der Waals surface area contributed by atoms with Crippen LogP contribution in [-0.4, -0.2) is 15.7 Å². The van der Waals surface area contributed by atoms with Crippen molar-refractivity contribution in [1.82, 2.24) is 0 Å². The normalized spacial score (nSPS) is 12.1. The highest BCUT2D eigenvalue weighted by molar-refractivity contribution is 9.10. The SMILES string of the molecule is O=C(CCS(=O)c1ccc(Br)cc1)c1ccc(F)cc1. The van der Waals surface area contributed by atoms with Gasteiger partial charge in [-0.1, -0.05) is 15.9 Å². The van der Waals surface area contributed by atoms with E-state index in [4.69, 9.17) is 0 Å². The highest BCUT2D eigenvalue weighted by atomic mass is 79.9. The first-order chi connectivity index (χ1) is 9.56. The lowest BCUT2D eigenvalue weighted by atomic mass is 10.1. The molecule has 0 bridgehead atoms. The molecule has 104 valence electrons. The monoisotopic (exact) mass is 354 g/mol. The lowest BCUT2D eigenvalue weighted by Crippen LogP contribution is -2.06. The van der Waals surface area contributed by atoms with E-state index in [1.165, 1.54) is 24.3 Å². The fraction of sp³-hybridized carbons (Fsp3) is 0.133. The van der Waals surface area contributed by atoms with Gasteiger partial charge in [-0.2, -0.15) is 0 Å². The van der Waals surface area contributed by atoms with Crippen LogP contribution in [0.25, 0.3) is 0 Å². The van der Waals surface area contributed by atoms with Gasteiger partial charge in [-0.3, -0.25) is 9.00 Å². The highest BCUT2D eigenvalue weighted by Gasteiger charge is 2.10. The minimum atomic E-state index is -1.21. The Morgan fingerprint density at radius 1 is 1.05 bits per heavy atom. The predicted molar refractivity (Wildman–Crippen MR) is 80.8 cm³/mol. The number of hydrogen-bond donors (Lipinski definition) is 0. The first-order valence-corrected chi connectivity index (χ1v) is 8.10. The number of carbonyl (C=O) groups excluding carboxylic acids is 1. The zero-order valence-corrected chi connectivity index (χ0v) is 12.9. The van der Waals surface area contributed by atoms with Crippen LogP contribution in [0.5, 0.6) is 0 Å². The van der Waals surface area contributed by atoms with Crippen molar-refractivity contribution >= 4 is 32.5 Å². The molecule has 2 aromatic rings. The molecule has 1 atom stereocenters. The first kappa shape index (κ1) is 15.1. The molecule has 20 heavy (non-hydrogen) atoms. The molecule has 0 aliphatic heterocycles. The molecule has 0 heterocycles. The van der Waals surface area contributed by atoms with Gasteiger partial charge in [-0.05, 0) is 48.5 Å². The molecule has 0 aliphatic carbocycles. The van der Waals surface area contributed by atoms with Crippen molar-refractivity contribution in [2.24, 2.45) is 0 Å². The van der Waals surface area contributed by atoms with E-state index < -0.39 is 10.8 Å². The second-order valence-corrected chi connectivity index (χ2v) is 6.67. The van der Waals surface area contributed by atoms with Crippen molar-refractivity contribution in [3.05, 3.63) is 64.4 Å².